The smallest absolute Gasteiger partial charge is 0.255 e. The lowest BCUT2D eigenvalue weighted by Crippen LogP contribution is -2.46. The van der Waals surface area contributed by atoms with Crippen LogP contribution in [0.2, 0.25) is 0 Å². The zero-order chi connectivity index (χ0) is 14.4. The lowest BCUT2D eigenvalue weighted by molar-refractivity contribution is 0.0735. The Morgan fingerprint density at radius 1 is 1.27 bits per heavy atom. The van der Waals surface area contributed by atoms with Gasteiger partial charge in [0.15, 0.2) is 0 Å². The van der Waals surface area contributed by atoms with E-state index in [2.05, 4.69) is 29.0 Å². The average molecular weight is 349 g/mol. The molecular weight excluding hydrogens is 323 g/mol. The first-order chi connectivity index (χ1) is 9.76. The highest BCUT2D eigenvalue weighted by molar-refractivity contribution is 5.94. The van der Waals surface area contributed by atoms with Crippen molar-refractivity contribution in [3.05, 3.63) is 23.9 Å². The molecule has 22 heavy (non-hydrogen) atoms. The van der Waals surface area contributed by atoms with Crippen LogP contribution in [-0.2, 0) is 0 Å². The van der Waals surface area contributed by atoms with Crippen LogP contribution in [0.3, 0.4) is 0 Å². The molecule has 2 heterocycles. The topological polar surface area (TPSA) is 48.5 Å². The highest BCUT2D eigenvalue weighted by Crippen LogP contribution is 2.13. The summed E-state index contributed by atoms with van der Waals surface area (Å²) in [6.07, 6.45) is 2.80. The number of carbonyl (C=O) groups excluding carboxylic acids is 1. The van der Waals surface area contributed by atoms with Gasteiger partial charge in [0.2, 0.25) is 0 Å². The number of hydrogen-bond donors (Lipinski definition) is 1. The van der Waals surface area contributed by atoms with Gasteiger partial charge in [0.1, 0.15) is 5.82 Å². The Bertz CT molecular complexity index is 436. The third-order valence-corrected chi connectivity index (χ3v) is 3.60. The molecule has 1 aromatic rings. The average Bonchev–Trinajstić information content (AvgIpc) is 2.53. The Morgan fingerprint density at radius 3 is 2.45 bits per heavy atom. The molecule has 1 amide bonds. The monoisotopic (exact) mass is 348 g/mol. The van der Waals surface area contributed by atoms with Gasteiger partial charge in [0, 0.05) is 45.5 Å². The van der Waals surface area contributed by atoms with Gasteiger partial charge in [-0.15, -0.1) is 24.8 Å². The summed E-state index contributed by atoms with van der Waals surface area (Å²) >= 11 is 0. The lowest BCUT2D eigenvalue weighted by atomic mass is 10.2. The zero-order valence-corrected chi connectivity index (χ0v) is 14.9. The van der Waals surface area contributed by atoms with Crippen molar-refractivity contribution in [2.24, 2.45) is 0 Å². The van der Waals surface area contributed by atoms with Crippen molar-refractivity contribution in [3.8, 4) is 0 Å². The number of halogens is 2. The highest BCUT2D eigenvalue weighted by atomic mass is 35.5. The van der Waals surface area contributed by atoms with Crippen LogP contribution < -0.4 is 10.2 Å². The van der Waals surface area contributed by atoms with Crippen LogP contribution >= 0.6 is 24.8 Å². The summed E-state index contributed by atoms with van der Waals surface area (Å²) < 4.78 is 0. The summed E-state index contributed by atoms with van der Waals surface area (Å²) in [5.41, 5.74) is 0.684. The molecule has 5 nitrogen and oxygen atoms in total. The summed E-state index contributed by atoms with van der Waals surface area (Å²) in [5, 5.41) is 3.25. The highest BCUT2D eigenvalue weighted by Gasteiger charge is 2.18. The van der Waals surface area contributed by atoms with Crippen LogP contribution in [0.15, 0.2) is 18.3 Å². The molecule has 0 aromatic carbocycles. The normalized spacial score (nSPS) is 13.8. The van der Waals surface area contributed by atoms with Crippen LogP contribution in [0.4, 0.5) is 5.82 Å². The van der Waals surface area contributed by atoms with Crippen molar-refractivity contribution in [2.75, 3.05) is 44.2 Å². The molecule has 2 rings (SSSR count). The maximum Gasteiger partial charge on any atom is 0.255 e. The van der Waals surface area contributed by atoms with E-state index in [1.165, 1.54) is 0 Å². The summed E-state index contributed by atoms with van der Waals surface area (Å²) in [4.78, 5) is 20.9. The van der Waals surface area contributed by atoms with Gasteiger partial charge in [-0.1, -0.05) is 6.92 Å². The first-order valence-electron chi connectivity index (χ1n) is 7.47. The van der Waals surface area contributed by atoms with E-state index < -0.39 is 0 Å². The van der Waals surface area contributed by atoms with Crippen LogP contribution in [0.5, 0.6) is 0 Å². The largest absolute Gasteiger partial charge is 0.357 e. The SMILES string of the molecule is CCCN(CC)c1ccc(C(=O)N2CCNCC2)cn1.Cl.Cl. The lowest BCUT2D eigenvalue weighted by Gasteiger charge is -2.27. The zero-order valence-electron chi connectivity index (χ0n) is 13.2. The molecule has 0 radical (unpaired) electrons. The number of piperazine rings is 1. The Balaban J connectivity index is 0.00000220. The standard InChI is InChI=1S/C15H24N4O.2ClH/c1-3-9-18(4-2)14-6-5-13(12-17-14)15(20)19-10-7-16-8-11-19;;/h5-6,12,16H,3-4,7-11H2,1-2H3;2*1H. The predicted octanol–water partition coefficient (Wildman–Crippen LogP) is 2.21. The molecule has 0 spiro atoms. The first kappa shape index (κ1) is 21.0. The van der Waals surface area contributed by atoms with Crippen LogP contribution in [0, 0.1) is 0 Å². The number of nitrogens with one attached hydrogen (secondary N) is 1. The second-order valence-corrected chi connectivity index (χ2v) is 5.03. The number of amides is 1. The van der Waals surface area contributed by atoms with Crippen LogP contribution in [0.1, 0.15) is 30.6 Å². The van der Waals surface area contributed by atoms with Gasteiger partial charge < -0.3 is 15.1 Å². The molecule has 1 fully saturated rings. The number of nitrogens with zero attached hydrogens (tertiary/aromatic N) is 3. The quantitative estimate of drug-likeness (QED) is 0.886. The molecule has 7 heteroatoms. The number of carbonyl (C=O) groups is 1. The molecule has 1 saturated heterocycles. The van der Waals surface area contributed by atoms with Crippen molar-refractivity contribution >= 4 is 36.5 Å². The van der Waals surface area contributed by atoms with Crippen LogP contribution in [-0.4, -0.2) is 55.1 Å². The Hall–Kier alpha value is -1.04. The Morgan fingerprint density at radius 2 is 1.95 bits per heavy atom. The van der Waals surface area contributed by atoms with Gasteiger partial charge in [0.25, 0.3) is 5.91 Å². The molecule has 0 aliphatic carbocycles. The van der Waals surface area contributed by atoms with Gasteiger partial charge in [-0.05, 0) is 25.5 Å². The fourth-order valence-electron chi connectivity index (χ4n) is 2.45. The minimum atomic E-state index is 0. The molecular formula is C15H26Cl2N4O. The molecule has 0 atom stereocenters. The van der Waals surface area contributed by atoms with E-state index in [4.69, 9.17) is 0 Å². The molecule has 0 unspecified atom stereocenters. The molecule has 1 aliphatic heterocycles. The molecule has 0 bridgehead atoms. The fraction of sp³-hybridized carbons (Fsp3) is 0.600. The van der Waals surface area contributed by atoms with Crippen molar-refractivity contribution in [3.63, 3.8) is 0 Å². The minimum Gasteiger partial charge on any atom is -0.357 e. The molecule has 0 saturated carbocycles. The second-order valence-electron chi connectivity index (χ2n) is 5.03. The number of aromatic nitrogens is 1. The van der Waals surface area contributed by atoms with E-state index in [1.807, 2.05) is 17.0 Å². The van der Waals surface area contributed by atoms with Gasteiger partial charge in [-0.3, -0.25) is 4.79 Å². The van der Waals surface area contributed by atoms with E-state index in [9.17, 15) is 4.79 Å². The maximum absolute atomic E-state index is 12.3. The fourth-order valence-corrected chi connectivity index (χ4v) is 2.45. The van der Waals surface area contributed by atoms with E-state index >= 15 is 0 Å². The van der Waals surface area contributed by atoms with Gasteiger partial charge >= 0.3 is 0 Å². The third-order valence-electron chi connectivity index (χ3n) is 3.60. The van der Waals surface area contributed by atoms with Gasteiger partial charge in [0.05, 0.1) is 5.56 Å². The summed E-state index contributed by atoms with van der Waals surface area (Å²) in [6.45, 7) is 9.51. The molecule has 1 N–H and O–H groups in total. The number of rotatable bonds is 5. The van der Waals surface area contributed by atoms with E-state index in [-0.39, 0.29) is 30.7 Å². The van der Waals surface area contributed by atoms with E-state index in [0.29, 0.717) is 5.56 Å². The van der Waals surface area contributed by atoms with Crippen molar-refractivity contribution in [2.45, 2.75) is 20.3 Å². The van der Waals surface area contributed by atoms with Crippen LogP contribution in [0.25, 0.3) is 0 Å². The summed E-state index contributed by atoms with van der Waals surface area (Å²) in [6, 6.07) is 3.85. The summed E-state index contributed by atoms with van der Waals surface area (Å²) in [7, 11) is 0. The summed E-state index contributed by atoms with van der Waals surface area (Å²) in [5.74, 6) is 1.04. The minimum absolute atomic E-state index is 0. The maximum atomic E-state index is 12.3. The Kier molecular flexibility index (Phi) is 10.1. The predicted molar refractivity (Wildman–Crippen MR) is 95.7 cm³/mol. The van der Waals surface area contributed by atoms with E-state index in [0.717, 1.165) is 51.5 Å². The number of hydrogen-bond acceptors (Lipinski definition) is 4. The van der Waals surface area contributed by atoms with Gasteiger partial charge in [-0.25, -0.2) is 4.98 Å². The third kappa shape index (κ3) is 5.30. The van der Waals surface area contributed by atoms with Crippen molar-refractivity contribution in [1.29, 1.82) is 0 Å². The van der Waals surface area contributed by atoms with E-state index in [1.54, 1.807) is 6.20 Å². The molecule has 126 valence electrons. The second kappa shape index (κ2) is 10.6. The van der Waals surface area contributed by atoms with Crippen molar-refractivity contribution < 1.29 is 4.79 Å². The first-order valence-corrected chi connectivity index (χ1v) is 7.47. The number of anilines is 1. The van der Waals surface area contributed by atoms with Crippen molar-refractivity contribution in [1.82, 2.24) is 15.2 Å². The van der Waals surface area contributed by atoms with Gasteiger partial charge in [-0.2, -0.15) is 0 Å². The molecule has 1 aliphatic rings. The number of pyridine rings is 1. The Labute approximate surface area is 145 Å². The molecule has 1 aromatic heterocycles.